The van der Waals surface area contributed by atoms with E-state index >= 15 is 0 Å². The molecule has 4 heteroatoms. The number of alkyl carbamates (subject to hydrolysis) is 1. The summed E-state index contributed by atoms with van der Waals surface area (Å²) >= 11 is 6.09. The molecule has 0 aliphatic heterocycles. The average Bonchev–Trinajstić information content (AvgIpc) is 3.11. The fourth-order valence-corrected chi connectivity index (χ4v) is 1.92. The molecule has 0 heterocycles. The van der Waals surface area contributed by atoms with Crippen molar-refractivity contribution in [1.29, 1.82) is 0 Å². The van der Waals surface area contributed by atoms with Crippen molar-refractivity contribution >= 4 is 17.7 Å². The van der Waals surface area contributed by atoms with E-state index in [1.54, 1.807) is 0 Å². The predicted octanol–water partition coefficient (Wildman–Crippen LogP) is 3.68. The number of nitrogens with one attached hydrogen (secondary N) is 1. The molecule has 3 nitrogen and oxygen atoms in total. The number of ether oxygens (including phenoxy) is 1. The van der Waals surface area contributed by atoms with Crippen LogP contribution in [-0.4, -0.2) is 12.1 Å². The molecule has 2 rings (SSSR count). The van der Waals surface area contributed by atoms with Crippen LogP contribution in [0.5, 0.6) is 0 Å². The first-order chi connectivity index (χ1) is 8.20. The van der Waals surface area contributed by atoms with Crippen LogP contribution in [0.15, 0.2) is 24.3 Å². The van der Waals surface area contributed by atoms with Crippen molar-refractivity contribution in [2.45, 2.75) is 38.3 Å². The van der Waals surface area contributed by atoms with Gasteiger partial charge in [-0.05, 0) is 25.3 Å². The molecule has 1 N–H and O–H groups in total. The molecule has 1 aliphatic carbocycles. The third-order valence-electron chi connectivity index (χ3n) is 2.77. The lowest BCUT2D eigenvalue weighted by Gasteiger charge is -2.18. The molecular formula is C13H16ClNO2. The zero-order valence-electron chi connectivity index (χ0n) is 9.78. The van der Waals surface area contributed by atoms with Crippen molar-refractivity contribution in [2.75, 3.05) is 0 Å². The smallest absolute Gasteiger partial charge is 0.407 e. The largest absolute Gasteiger partial charge is 0.441 e. The molecule has 1 fully saturated rings. The minimum atomic E-state index is -0.348. The number of benzene rings is 1. The molecule has 0 bridgehead atoms. The maximum Gasteiger partial charge on any atom is 0.407 e. The monoisotopic (exact) mass is 253 g/mol. The molecule has 0 aromatic heterocycles. The molecule has 1 aromatic rings. The van der Waals surface area contributed by atoms with Crippen molar-refractivity contribution in [3.05, 3.63) is 34.9 Å². The highest BCUT2D eigenvalue weighted by Crippen LogP contribution is 2.28. The molecule has 1 aromatic carbocycles. The number of amides is 1. The molecule has 1 aliphatic rings. The molecule has 1 amide bonds. The van der Waals surface area contributed by atoms with Crippen LogP contribution in [0, 0.1) is 0 Å². The highest BCUT2D eigenvalue weighted by atomic mass is 35.5. The lowest BCUT2D eigenvalue weighted by atomic mass is 10.1. The van der Waals surface area contributed by atoms with Gasteiger partial charge in [0, 0.05) is 16.6 Å². The van der Waals surface area contributed by atoms with Crippen molar-refractivity contribution in [3.63, 3.8) is 0 Å². The molecular weight excluding hydrogens is 238 g/mol. The lowest BCUT2D eigenvalue weighted by molar-refractivity contribution is 0.0948. The zero-order chi connectivity index (χ0) is 12.3. The summed E-state index contributed by atoms with van der Waals surface area (Å²) in [4.78, 5) is 11.6. The third kappa shape index (κ3) is 3.37. The first-order valence-corrected chi connectivity index (χ1v) is 6.30. The summed E-state index contributed by atoms with van der Waals surface area (Å²) in [7, 11) is 0. The SMILES string of the molecule is CCC(OC(=O)NC1CC1)c1ccccc1Cl. The van der Waals surface area contributed by atoms with E-state index in [9.17, 15) is 4.79 Å². The highest BCUT2D eigenvalue weighted by molar-refractivity contribution is 6.31. The zero-order valence-corrected chi connectivity index (χ0v) is 10.5. The Labute approximate surface area is 106 Å². The van der Waals surface area contributed by atoms with Crippen LogP contribution in [-0.2, 0) is 4.74 Å². The van der Waals surface area contributed by atoms with Crippen LogP contribution >= 0.6 is 11.6 Å². The minimum Gasteiger partial charge on any atom is -0.441 e. The van der Waals surface area contributed by atoms with Crippen molar-refractivity contribution in [3.8, 4) is 0 Å². The van der Waals surface area contributed by atoms with E-state index in [1.807, 2.05) is 31.2 Å². The van der Waals surface area contributed by atoms with Crippen LogP contribution in [0.1, 0.15) is 37.9 Å². The number of rotatable bonds is 4. The van der Waals surface area contributed by atoms with Gasteiger partial charge in [0.1, 0.15) is 6.10 Å². The van der Waals surface area contributed by atoms with Gasteiger partial charge in [-0.1, -0.05) is 36.7 Å². The lowest BCUT2D eigenvalue weighted by Crippen LogP contribution is -2.27. The van der Waals surface area contributed by atoms with Gasteiger partial charge < -0.3 is 10.1 Å². The van der Waals surface area contributed by atoms with Crippen LogP contribution in [0.2, 0.25) is 5.02 Å². The van der Waals surface area contributed by atoms with E-state index in [1.165, 1.54) is 0 Å². The summed E-state index contributed by atoms with van der Waals surface area (Å²) in [5.41, 5.74) is 0.864. The Morgan fingerprint density at radius 2 is 2.24 bits per heavy atom. The van der Waals surface area contributed by atoms with Gasteiger partial charge in [0.2, 0.25) is 0 Å². The van der Waals surface area contributed by atoms with E-state index in [2.05, 4.69) is 5.32 Å². The van der Waals surface area contributed by atoms with Gasteiger partial charge in [0.25, 0.3) is 0 Å². The number of carbonyl (C=O) groups is 1. The quantitative estimate of drug-likeness (QED) is 0.889. The van der Waals surface area contributed by atoms with Gasteiger partial charge in [-0.15, -0.1) is 0 Å². The summed E-state index contributed by atoms with van der Waals surface area (Å²) in [5.74, 6) is 0. The topological polar surface area (TPSA) is 38.3 Å². The van der Waals surface area contributed by atoms with Crippen LogP contribution in [0.4, 0.5) is 4.79 Å². The van der Waals surface area contributed by atoms with Gasteiger partial charge in [-0.2, -0.15) is 0 Å². The van der Waals surface area contributed by atoms with Crippen LogP contribution in [0.25, 0.3) is 0 Å². The fraction of sp³-hybridized carbons (Fsp3) is 0.462. The second-order valence-electron chi connectivity index (χ2n) is 4.24. The number of carbonyl (C=O) groups excluding carboxylic acids is 1. The molecule has 0 radical (unpaired) electrons. The van der Waals surface area contributed by atoms with Gasteiger partial charge in [0.15, 0.2) is 0 Å². The molecule has 0 saturated heterocycles. The average molecular weight is 254 g/mol. The maximum absolute atomic E-state index is 11.6. The Kier molecular flexibility index (Phi) is 3.89. The molecule has 1 saturated carbocycles. The summed E-state index contributed by atoms with van der Waals surface area (Å²) < 4.78 is 5.38. The molecule has 17 heavy (non-hydrogen) atoms. The minimum absolute atomic E-state index is 0.276. The fourth-order valence-electron chi connectivity index (χ4n) is 1.66. The summed E-state index contributed by atoms with van der Waals surface area (Å²) in [6, 6.07) is 7.77. The molecule has 0 spiro atoms. The van der Waals surface area contributed by atoms with E-state index in [-0.39, 0.29) is 12.2 Å². The van der Waals surface area contributed by atoms with Crippen molar-refractivity contribution < 1.29 is 9.53 Å². The standard InChI is InChI=1S/C13H16ClNO2/c1-2-12(10-5-3-4-6-11(10)14)17-13(16)15-9-7-8-9/h3-6,9,12H,2,7-8H2,1H3,(H,15,16). The van der Waals surface area contributed by atoms with Crippen LogP contribution < -0.4 is 5.32 Å². The second-order valence-corrected chi connectivity index (χ2v) is 4.65. The normalized spacial score (nSPS) is 16.4. The molecule has 1 unspecified atom stereocenters. The third-order valence-corrected chi connectivity index (χ3v) is 3.12. The highest BCUT2D eigenvalue weighted by Gasteiger charge is 2.25. The van der Waals surface area contributed by atoms with Gasteiger partial charge in [-0.3, -0.25) is 0 Å². The Morgan fingerprint density at radius 3 is 2.82 bits per heavy atom. The maximum atomic E-state index is 11.6. The van der Waals surface area contributed by atoms with E-state index in [0.717, 1.165) is 18.4 Å². The summed E-state index contributed by atoms with van der Waals surface area (Å²) in [6.07, 6.45) is 2.19. The second kappa shape index (κ2) is 5.41. The van der Waals surface area contributed by atoms with E-state index in [0.29, 0.717) is 17.5 Å². The van der Waals surface area contributed by atoms with E-state index in [4.69, 9.17) is 16.3 Å². The Hall–Kier alpha value is -1.22. The number of hydrogen-bond donors (Lipinski definition) is 1. The predicted molar refractivity (Wildman–Crippen MR) is 67.1 cm³/mol. The van der Waals surface area contributed by atoms with E-state index < -0.39 is 0 Å². The Balaban J connectivity index is 2.00. The first-order valence-electron chi connectivity index (χ1n) is 5.92. The number of hydrogen-bond acceptors (Lipinski definition) is 2. The Morgan fingerprint density at radius 1 is 1.53 bits per heavy atom. The van der Waals surface area contributed by atoms with Gasteiger partial charge in [0.05, 0.1) is 0 Å². The van der Waals surface area contributed by atoms with Crippen molar-refractivity contribution in [1.82, 2.24) is 5.32 Å². The number of halogens is 1. The first kappa shape index (κ1) is 12.2. The summed E-state index contributed by atoms with van der Waals surface area (Å²) in [6.45, 7) is 1.97. The Bertz CT molecular complexity index is 404. The molecule has 92 valence electrons. The van der Waals surface area contributed by atoms with Crippen molar-refractivity contribution in [2.24, 2.45) is 0 Å². The van der Waals surface area contributed by atoms with Gasteiger partial charge >= 0.3 is 6.09 Å². The van der Waals surface area contributed by atoms with Gasteiger partial charge in [-0.25, -0.2) is 4.79 Å². The van der Waals surface area contributed by atoms with Crippen LogP contribution in [0.3, 0.4) is 0 Å². The molecule has 1 atom stereocenters. The summed E-state index contributed by atoms with van der Waals surface area (Å²) in [5, 5.41) is 3.44.